The molecule has 0 saturated heterocycles. The molecule has 0 saturated carbocycles. The van der Waals surface area contributed by atoms with Gasteiger partial charge in [-0.1, -0.05) is 35.3 Å². The van der Waals surface area contributed by atoms with Crippen molar-refractivity contribution >= 4 is 40.1 Å². The van der Waals surface area contributed by atoms with Crippen molar-refractivity contribution < 1.29 is 13.9 Å². The van der Waals surface area contributed by atoms with Gasteiger partial charge in [0.05, 0.1) is 10.4 Å². The molecule has 0 atom stereocenters. The lowest BCUT2D eigenvalue weighted by atomic mass is 10.1. The summed E-state index contributed by atoms with van der Waals surface area (Å²) in [6.45, 7) is 6.41. The van der Waals surface area contributed by atoms with E-state index in [1.165, 1.54) is 0 Å². The number of likely N-dealkylation sites (N-methyl/N-ethyl adjacent to an activating group) is 1. The Bertz CT molecular complexity index is 1120. The molecular formula is C22H21Cl2NO4. The van der Waals surface area contributed by atoms with Crippen LogP contribution in [0.3, 0.4) is 0 Å². The van der Waals surface area contributed by atoms with Gasteiger partial charge in [0.25, 0.3) is 5.91 Å². The molecule has 29 heavy (non-hydrogen) atoms. The fraction of sp³-hybridized carbons (Fsp3) is 0.273. The Hall–Kier alpha value is -2.50. The fourth-order valence-electron chi connectivity index (χ4n) is 3.05. The van der Waals surface area contributed by atoms with Crippen molar-refractivity contribution in [3.8, 4) is 17.1 Å². The first-order valence-corrected chi connectivity index (χ1v) is 10.0. The lowest BCUT2D eigenvalue weighted by Gasteiger charge is -2.19. The van der Waals surface area contributed by atoms with Crippen LogP contribution in [0.25, 0.3) is 22.3 Å². The van der Waals surface area contributed by atoms with Gasteiger partial charge in [0.15, 0.2) is 12.4 Å². The van der Waals surface area contributed by atoms with Crippen molar-refractivity contribution in [2.45, 2.75) is 20.8 Å². The minimum atomic E-state index is -0.407. The van der Waals surface area contributed by atoms with E-state index < -0.39 is 5.43 Å². The van der Waals surface area contributed by atoms with E-state index in [1.807, 2.05) is 20.8 Å². The summed E-state index contributed by atoms with van der Waals surface area (Å²) in [5.74, 6) is -0.102. The summed E-state index contributed by atoms with van der Waals surface area (Å²) in [7, 11) is 0. The summed E-state index contributed by atoms with van der Waals surface area (Å²) in [6, 6.07) is 10.2. The first-order valence-electron chi connectivity index (χ1n) is 9.29. The van der Waals surface area contributed by atoms with Crippen LogP contribution in [0.5, 0.6) is 5.75 Å². The second-order valence-corrected chi connectivity index (χ2v) is 7.34. The number of aryl methyl sites for hydroxylation is 1. The maximum Gasteiger partial charge on any atom is 0.260 e. The normalized spacial score (nSPS) is 10.9. The number of halogens is 2. The van der Waals surface area contributed by atoms with Gasteiger partial charge >= 0.3 is 0 Å². The predicted octanol–water partition coefficient (Wildman–Crippen LogP) is 5.32. The number of carbonyl (C=O) groups is 1. The summed E-state index contributed by atoms with van der Waals surface area (Å²) >= 11 is 12.5. The monoisotopic (exact) mass is 433 g/mol. The van der Waals surface area contributed by atoms with Crippen LogP contribution in [0.2, 0.25) is 10.0 Å². The minimum Gasteiger partial charge on any atom is -0.476 e. The zero-order valence-corrected chi connectivity index (χ0v) is 17.9. The largest absolute Gasteiger partial charge is 0.476 e. The van der Waals surface area contributed by atoms with Gasteiger partial charge in [0.1, 0.15) is 5.58 Å². The lowest BCUT2D eigenvalue weighted by molar-refractivity contribution is -0.132. The first kappa shape index (κ1) is 21.2. The van der Waals surface area contributed by atoms with Crippen LogP contribution in [-0.4, -0.2) is 30.5 Å². The molecule has 1 aromatic heterocycles. The third-order valence-electron chi connectivity index (χ3n) is 4.70. The number of nitrogens with zero attached hydrogens (tertiary/aromatic N) is 1. The molecule has 0 fully saturated rings. The Kier molecular flexibility index (Phi) is 6.50. The molecule has 0 aliphatic rings. The highest BCUT2D eigenvalue weighted by Gasteiger charge is 2.22. The van der Waals surface area contributed by atoms with E-state index in [2.05, 4.69) is 0 Å². The molecule has 3 aromatic rings. The summed E-state index contributed by atoms with van der Waals surface area (Å²) in [4.78, 5) is 27.2. The summed E-state index contributed by atoms with van der Waals surface area (Å²) < 4.78 is 11.7. The van der Waals surface area contributed by atoms with E-state index in [0.29, 0.717) is 34.3 Å². The molecule has 0 bridgehead atoms. The maximum atomic E-state index is 13.2. The molecular weight excluding hydrogens is 413 g/mol. The highest BCUT2D eigenvalue weighted by atomic mass is 35.5. The number of ether oxygens (including phenoxy) is 1. The zero-order chi connectivity index (χ0) is 21.1. The SMILES string of the molecule is CCN(CC)C(=O)COc1c(-c2ccccc2Cl)oc2cc(C)c(Cl)cc2c1=O. The third kappa shape index (κ3) is 4.26. The van der Waals surface area contributed by atoms with Crippen molar-refractivity contribution in [2.24, 2.45) is 0 Å². The molecule has 0 spiro atoms. The molecule has 152 valence electrons. The van der Waals surface area contributed by atoms with Crippen molar-refractivity contribution in [1.29, 1.82) is 0 Å². The summed E-state index contributed by atoms with van der Waals surface area (Å²) in [5, 5.41) is 1.13. The van der Waals surface area contributed by atoms with E-state index in [9.17, 15) is 9.59 Å². The number of amides is 1. The van der Waals surface area contributed by atoms with Gasteiger partial charge in [0.2, 0.25) is 11.2 Å². The van der Waals surface area contributed by atoms with E-state index in [-0.39, 0.29) is 29.4 Å². The molecule has 1 heterocycles. The molecule has 2 aromatic carbocycles. The van der Waals surface area contributed by atoms with Crippen molar-refractivity contribution in [1.82, 2.24) is 4.90 Å². The average molecular weight is 434 g/mol. The van der Waals surface area contributed by atoms with Gasteiger partial charge in [-0.25, -0.2) is 0 Å². The van der Waals surface area contributed by atoms with Crippen molar-refractivity contribution in [2.75, 3.05) is 19.7 Å². The number of fused-ring (bicyclic) bond motifs is 1. The van der Waals surface area contributed by atoms with E-state index >= 15 is 0 Å². The van der Waals surface area contributed by atoms with Gasteiger partial charge in [0, 0.05) is 23.7 Å². The number of hydrogen-bond donors (Lipinski definition) is 0. The molecule has 0 aliphatic carbocycles. The van der Waals surface area contributed by atoms with Crippen LogP contribution in [0.4, 0.5) is 0 Å². The Morgan fingerprint density at radius 3 is 2.45 bits per heavy atom. The molecule has 0 unspecified atom stereocenters. The molecule has 0 aliphatic heterocycles. The summed E-state index contributed by atoms with van der Waals surface area (Å²) in [6.07, 6.45) is 0. The van der Waals surface area contributed by atoms with Gasteiger partial charge in [-0.3, -0.25) is 9.59 Å². The molecule has 0 radical (unpaired) electrons. The second-order valence-electron chi connectivity index (χ2n) is 6.52. The van der Waals surface area contributed by atoms with Gasteiger partial charge < -0.3 is 14.1 Å². The zero-order valence-electron chi connectivity index (χ0n) is 16.4. The molecule has 5 nitrogen and oxygen atoms in total. The standard InChI is InChI=1S/C22H21Cl2NO4/c1-4-25(5-2)19(26)12-28-22-20(27)15-11-17(24)13(3)10-18(15)29-21(22)14-8-6-7-9-16(14)23/h6-11H,4-5,12H2,1-3H3. The molecule has 1 amide bonds. The van der Waals surface area contributed by atoms with Crippen LogP contribution >= 0.6 is 23.2 Å². The third-order valence-corrected chi connectivity index (χ3v) is 5.44. The average Bonchev–Trinajstić information content (AvgIpc) is 2.70. The van der Waals surface area contributed by atoms with Crippen molar-refractivity contribution in [3.63, 3.8) is 0 Å². The van der Waals surface area contributed by atoms with E-state index in [4.69, 9.17) is 32.4 Å². The minimum absolute atomic E-state index is 0.0639. The summed E-state index contributed by atoms with van der Waals surface area (Å²) in [5.41, 5.74) is 1.24. The Morgan fingerprint density at radius 1 is 1.10 bits per heavy atom. The number of benzene rings is 2. The van der Waals surface area contributed by atoms with Gasteiger partial charge in [-0.2, -0.15) is 0 Å². The van der Waals surface area contributed by atoms with Gasteiger partial charge in [-0.15, -0.1) is 0 Å². The Labute approximate surface area is 178 Å². The predicted molar refractivity (Wildman–Crippen MR) is 116 cm³/mol. The van der Waals surface area contributed by atoms with Crippen LogP contribution in [-0.2, 0) is 4.79 Å². The van der Waals surface area contributed by atoms with Crippen LogP contribution in [0.1, 0.15) is 19.4 Å². The van der Waals surface area contributed by atoms with Crippen LogP contribution < -0.4 is 10.2 Å². The Morgan fingerprint density at radius 2 is 1.79 bits per heavy atom. The van der Waals surface area contributed by atoms with Crippen molar-refractivity contribution in [3.05, 3.63) is 62.2 Å². The maximum absolute atomic E-state index is 13.2. The van der Waals surface area contributed by atoms with E-state index in [0.717, 1.165) is 5.56 Å². The smallest absolute Gasteiger partial charge is 0.260 e. The second kappa shape index (κ2) is 8.89. The quantitative estimate of drug-likeness (QED) is 0.527. The topological polar surface area (TPSA) is 59.8 Å². The van der Waals surface area contributed by atoms with Gasteiger partial charge in [-0.05, 0) is 50.6 Å². The lowest BCUT2D eigenvalue weighted by Crippen LogP contribution is -2.35. The number of carbonyl (C=O) groups excluding carboxylic acids is 1. The highest BCUT2D eigenvalue weighted by Crippen LogP contribution is 2.36. The fourth-order valence-corrected chi connectivity index (χ4v) is 3.44. The van der Waals surface area contributed by atoms with Crippen LogP contribution in [0, 0.1) is 6.92 Å². The highest BCUT2D eigenvalue weighted by molar-refractivity contribution is 6.33. The number of hydrogen-bond acceptors (Lipinski definition) is 4. The molecule has 3 rings (SSSR count). The van der Waals surface area contributed by atoms with E-state index in [1.54, 1.807) is 41.3 Å². The first-order chi connectivity index (χ1) is 13.9. The Balaban J connectivity index is 2.17. The molecule has 7 heteroatoms. The number of rotatable bonds is 6. The molecule has 0 N–H and O–H groups in total. The van der Waals surface area contributed by atoms with Crippen LogP contribution in [0.15, 0.2) is 45.6 Å².